The second-order valence-electron chi connectivity index (χ2n) is 2.31. The van der Waals surface area contributed by atoms with Gasteiger partial charge in [0.15, 0.2) is 0 Å². The highest BCUT2D eigenvalue weighted by molar-refractivity contribution is 5.78. The number of hydrogen-bond acceptors (Lipinski definition) is 3. The lowest BCUT2D eigenvalue weighted by Crippen LogP contribution is -1.81. The standard InChI is InChI=1S/C9H6NO2/c1-7-2-3-8(5-11)4-9(7)10-6-12/h2-4H,1H3. The Balaban J connectivity index is 3.25. The van der Waals surface area contributed by atoms with Crippen molar-refractivity contribution in [3.05, 3.63) is 29.3 Å². The lowest BCUT2D eigenvalue weighted by Gasteiger charge is -1.96. The Bertz CT molecular complexity index is 352. The average Bonchev–Trinajstić information content (AvgIpc) is 2.09. The number of aliphatic imine (C=N–C) groups is 1. The molecule has 0 saturated carbocycles. The largest absolute Gasteiger partial charge is 0.285 e. The maximum Gasteiger partial charge on any atom is 0.240 e. The van der Waals surface area contributed by atoms with Crippen LogP contribution in [-0.4, -0.2) is 12.4 Å². The molecule has 0 amide bonds. The van der Waals surface area contributed by atoms with Crippen LogP contribution in [-0.2, 0) is 9.59 Å². The van der Waals surface area contributed by atoms with Crippen LogP contribution in [0.3, 0.4) is 0 Å². The SMILES string of the molecule is Cc1ccc([C]=O)cc1N=C=O. The maximum atomic E-state index is 10.2. The van der Waals surface area contributed by atoms with E-state index in [1.165, 1.54) is 12.1 Å². The van der Waals surface area contributed by atoms with Gasteiger partial charge in [-0.25, -0.2) is 4.79 Å². The Morgan fingerprint density at radius 3 is 2.67 bits per heavy atom. The molecule has 0 heterocycles. The Labute approximate surface area is 69.7 Å². The summed E-state index contributed by atoms with van der Waals surface area (Å²) in [5.74, 6) is 0. The minimum absolute atomic E-state index is 0.384. The van der Waals surface area contributed by atoms with Crippen LogP contribution >= 0.6 is 0 Å². The summed E-state index contributed by atoms with van der Waals surface area (Å²) in [6.07, 6.45) is 3.13. The van der Waals surface area contributed by atoms with Gasteiger partial charge in [-0.05, 0) is 18.6 Å². The predicted octanol–water partition coefficient (Wildman–Crippen LogP) is 1.42. The normalized spacial score (nSPS) is 8.75. The predicted molar refractivity (Wildman–Crippen MR) is 43.8 cm³/mol. The molecule has 3 heteroatoms. The summed E-state index contributed by atoms with van der Waals surface area (Å²) in [4.78, 5) is 23.6. The van der Waals surface area contributed by atoms with Crippen molar-refractivity contribution < 1.29 is 9.59 Å². The molecule has 3 nitrogen and oxygen atoms in total. The average molecular weight is 160 g/mol. The van der Waals surface area contributed by atoms with Gasteiger partial charge in [0.1, 0.15) is 0 Å². The quantitative estimate of drug-likeness (QED) is 0.485. The van der Waals surface area contributed by atoms with Gasteiger partial charge in [0.2, 0.25) is 12.4 Å². The van der Waals surface area contributed by atoms with Crippen molar-refractivity contribution in [2.24, 2.45) is 4.99 Å². The second kappa shape index (κ2) is 3.60. The third-order valence-corrected chi connectivity index (χ3v) is 1.49. The fraction of sp³-hybridized carbons (Fsp3) is 0.111. The zero-order valence-corrected chi connectivity index (χ0v) is 6.50. The second-order valence-corrected chi connectivity index (χ2v) is 2.31. The van der Waals surface area contributed by atoms with E-state index in [1.54, 1.807) is 25.3 Å². The summed E-state index contributed by atoms with van der Waals surface area (Å²) in [5, 5.41) is 0. The van der Waals surface area contributed by atoms with Crippen LogP contribution < -0.4 is 0 Å². The number of isocyanates is 1. The first kappa shape index (κ1) is 8.37. The number of rotatable bonds is 2. The Hall–Kier alpha value is -1.73. The van der Waals surface area contributed by atoms with E-state index in [0.717, 1.165) is 5.56 Å². The van der Waals surface area contributed by atoms with Crippen molar-refractivity contribution >= 4 is 18.1 Å². The molecule has 1 aromatic rings. The summed E-state index contributed by atoms with van der Waals surface area (Å²) in [5.41, 5.74) is 1.68. The molecule has 0 fully saturated rings. The Morgan fingerprint density at radius 1 is 1.33 bits per heavy atom. The van der Waals surface area contributed by atoms with Gasteiger partial charge in [0.05, 0.1) is 5.69 Å². The summed E-state index contributed by atoms with van der Waals surface area (Å²) in [6.45, 7) is 1.80. The molecule has 59 valence electrons. The molecule has 1 radical (unpaired) electrons. The lowest BCUT2D eigenvalue weighted by molar-refractivity contribution is 0.562. The van der Waals surface area contributed by atoms with Crippen LogP contribution in [0.4, 0.5) is 5.69 Å². The van der Waals surface area contributed by atoms with Crippen LogP contribution in [0.2, 0.25) is 0 Å². The summed E-state index contributed by atoms with van der Waals surface area (Å²) >= 11 is 0. The summed E-state index contributed by atoms with van der Waals surface area (Å²) in [7, 11) is 0. The zero-order chi connectivity index (χ0) is 8.97. The molecular weight excluding hydrogens is 154 g/mol. The van der Waals surface area contributed by atoms with E-state index >= 15 is 0 Å². The number of nitrogens with zero attached hydrogens (tertiary/aromatic N) is 1. The molecular formula is C9H6NO2. The fourth-order valence-electron chi connectivity index (χ4n) is 0.843. The topological polar surface area (TPSA) is 46.5 Å². The van der Waals surface area contributed by atoms with Crippen LogP contribution in [0.5, 0.6) is 0 Å². The van der Waals surface area contributed by atoms with Gasteiger partial charge in [0.25, 0.3) is 0 Å². The van der Waals surface area contributed by atoms with Crippen LogP contribution in [0.1, 0.15) is 11.1 Å². The van der Waals surface area contributed by atoms with Gasteiger partial charge in [0, 0.05) is 5.56 Å². The van der Waals surface area contributed by atoms with Crippen molar-refractivity contribution in [2.45, 2.75) is 6.92 Å². The third kappa shape index (κ3) is 1.65. The molecule has 0 spiro atoms. The van der Waals surface area contributed by atoms with E-state index in [0.29, 0.717) is 11.3 Å². The van der Waals surface area contributed by atoms with E-state index in [2.05, 4.69) is 4.99 Å². The molecule has 0 saturated heterocycles. The molecule has 0 unspecified atom stereocenters. The summed E-state index contributed by atoms with van der Waals surface area (Å²) in [6, 6.07) is 4.82. The zero-order valence-electron chi connectivity index (χ0n) is 6.50. The molecule has 12 heavy (non-hydrogen) atoms. The Morgan fingerprint density at radius 2 is 2.08 bits per heavy atom. The van der Waals surface area contributed by atoms with Crippen LogP contribution in [0.15, 0.2) is 23.2 Å². The van der Waals surface area contributed by atoms with E-state index < -0.39 is 0 Å². The van der Waals surface area contributed by atoms with Gasteiger partial charge < -0.3 is 0 Å². The first-order valence-corrected chi connectivity index (χ1v) is 3.34. The molecule has 0 bridgehead atoms. The van der Waals surface area contributed by atoms with Gasteiger partial charge in [-0.2, -0.15) is 4.99 Å². The smallest absolute Gasteiger partial charge is 0.240 e. The van der Waals surface area contributed by atoms with E-state index in [4.69, 9.17) is 0 Å². The number of hydrogen-bond donors (Lipinski definition) is 0. The van der Waals surface area contributed by atoms with Crippen molar-refractivity contribution in [2.75, 3.05) is 0 Å². The molecule has 0 aromatic heterocycles. The number of carbonyl (C=O) groups excluding carboxylic acids is 2. The number of aryl methyl sites for hydroxylation is 1. The molecule has 0 atom stereocenters. The molecule has 0 aliphatic heterocycles. The van der Waals surface area contributed by atoms with E-state index in [1.807, 2.05) is 0 Å². The minimum atomic E-state index is 0.384. The highest BCUT2D eigenvalue weighted by atomic mass is 16.1. The van der Waals surface area contributed by atoms with Gasteiger partial charge in [-0.3, -0.25) is 4.79 Å². The van der Waals surface area contributed by atoms with Gasteiger partial charge in [-0.1, -0.05) is 12.1 Å². The van der Waals surface area contributed by atoms with Crippen molar-refractivity contribution in [3.63, 3.8) is 0 Å². The van der Waals surface area contributed by atoms with Crippen LogP contribution in [0, 0.1) is 6.92 Å². The maximum absolute atomic E-state index is 10.2. The van der Waals surface area contributed by atoms with Gasteiger partial charge >= 0.3 is 0 Å². The molecule has 1 rings (SSSR count). The first-order valence-electron chi connectivity index (χ1n) is 3.34. The minimum Gasteiger partial charge on any atom is -0.285 e. The molecule has 0 aliphatic rings. The third-order valence-electron chi connectivity index (χ3n) is 1.49. The van der Waals surface area contributed by atoms with E-state index in [-0.39, 0.29) is 0 Å². The molecule has 1 aromatic carbocycles. The fourth-order valence-corrected chi connectivity index (χ4v) is 0.843. The van der Waals surface area contributed by atoms with Crippen molar-refractivity contribution in [3.8, 4) is 0 Å². The highest BCUT2D eigenvalue weighted by Gasteiger charge is 1.97. The van der Waals surface area contributed by atoms with Crippen LogP contribution in [0.25, 0.3) is 0 Å². The monoisotopic (exact) mass is 160 g/mol. The first-order chi connectivity index (χ1) is 5.77. The van der Waals surface area contributed by atoms with Gasteiger partial charge in [-0.15, -0.1) is 0 Å². The van der Waals surface area contributed by atoms with Crippen molar-refractivity contribution in [1.29, 1.82) is 0 Å². The number of benzene rings is 1. The Kier molecular flexibility index (Phi) is 2.51. The summed E-state index contributed by atoms with van der Waals surface area (Å²) < 4.78 is 0. The lowest BCUT2D eigenvalue weighted by atomic mass is 10.1. The van der Waals surface area contributed by atoms with E-state index in [9.17, 15) is 9.59 Å². The molecule has 0 aliphatic carbocycles. The molecule has 0 N–H and O–H groups in total. The highest BCUT2D eigenvalue weighted by Crippen LogP contribution is 2.18. The van der Waals surface area contributed by atoms with Crippen molar-refractivity contribution in [1.82, 2.24) is 0 Å².